The van der Waals surface area contributed by atoms with Gasteiger partial charge in [-0.1, -0.05) is 146 Å². The average molecular weight is 723 g/mol. The third-order valence-electron chi connectivity index (χ3n) is 10.3. The van der Waals surface area contributed by atoms with Crippen LogP contribution in [0.3, 0.4) is 0 Å². The standard InChI is InChI=1S/C47H38N4O2S/c48-32-37-26-27-46-38(31-44(29-36-16-6-1-7-17-36)51(33-39(46)28-37)54(52,53)45-24-14-5-15-25-45)30-43-34-50(35-49-43)47(40-18-8-2-9-19-40,41-20-10-3-11-21-41)42-22-12-4-13-23-42/h1-28,30,34-35,44H,29,31,33H2/b38-30-/t44-/m1/s1. The quantitative estimate of drug-likeness (QED) is 0.139. The van der Waals surface area contributed by atoms with Gasteiger partial charge in [-0.2, -0.15) is 9.57 Å². The summed E-state index contributed by atoms with van der Waals surface area (Å²) in [5, 5.41) is 9.91. The second kappa shape index (κ2) is 15.0. The summed E-state index contributed by atoms with van der Waals surface area (Å²) < 4.78 is 32.8. The van der Waals surface area contributed by atoms with Gasteiger partial charge in [-0.3, -0.25) is 0 Å². The molecule has 0 aliphatic carbocycles. The highest BCUT2D eigenvalue weighted by Crippen LogP contribution is 2.42. The summed E-state index contributed by atoms with van der Waals surface area (Å²) in [6.45, 7) is 0.129. The molecule has 8 rings (SSSR count). The maximum atomic E-state index is 14.5. The zero-order valence-corrected chi connectivity index (χ0v) is 30.4. The van der Waals surface area contributed by atoms with Crippen LogP contribution in [0.1, 0.15) is 51.1 Å². The van der Waals surface area contributed by atoms with Crippen molar-refractivity contribution in [1.29, 1.82) is 5.26 Å². The Morgan fingerprint density at radius 3 is 1.81 bits per heavy atom. The molecule has 264 valence electrons. The van der Waals surface area contributed by atoms with Crippen LogP contribution in [0.2, 0.25) is 0 Å². The van der Waals surface area contributed by atoms with Crippen molar-refractivity contribution in [3.05, 3.63) is 227 Å². The zero-order valence-electron chi connectivity index (χ0n) is 29.6. The van der Waals surface area contributed by atoms with Gasteiger partial charge in [-0.15, -0.1) is 0 Å². The Balaban J connectivity index is 1.30. The van der Waals surface area contributed by atoms with Crippen LogP contribution in [-0.4, -0.2) is 28.3 Å². The van der Waals surface area contributed by atoms with Crippen molar-refractivity contribution >= 4 is 21.7 Å². The van der Waals surface area contributed by atoms with Gasteiger partial charge in [0.2, 0.25) is 10.0 Å². The van der Waals surface area contributed by atoms with Crippen LogP contribution < -0.4 is 0 Å². The smallest absolute Gasteiger partial charge is 0.243 e. The SMILES string of the molecule is N#Cc1ccc2c(c1)CN(S(=O)(=O)c1ccccc1)[C@H](Cc1ccccc1)C/C2=C/c1cn(C(c2ccccc2)(c2ccccc2)c2ccccc2)cn1. The first-order valence-electron chi connectivity index (χ1n) is 18.0. The van der Waals surface area contributed by atoms with Crippen LogP contribution in [-0.2, 0) is 28.5 Å². The Morgan fingerprint density at radius 2 is 1.26 bits per heavy atom. The van der Waals surface area contributed by atoms with E-state index in [-0.39, 0.29) is 11.4 Å². The third-order valence-corrected chi connectivity index (χ3v) is 12.2. The van der Waals surface area contributed by atoms with E-state index in [1.54, 1.807) is 28.6 Å². The molecule has 1 atom stereocenters. The molecule has 1 aliphatic heterocycles. The molecule has 2 heterocycles. The molecule has 0 spiro atoms. The molecule has 6 aromatic carbocycles. The van der Waals surface area contributed by atoms with Crippen molar-refractivity contribution in [2.24, 2.45) is 0 Å². The highest BCUT2D eigenvalue weighted by molar-refractivity contribution is 7.89. The highest BCUT2D eigenvalue weighted by Gasteiger charge is 2.39. The Kier molecular flexibility index (Phi) is 9.62. The lowest BCUT2D eigenvalue weighted by Crippen LogP contribution is -2.40. The lowest BCUT2D eigenvalue weighted by Gasteiger charge is -2.37. The van der Waals surface area contributed by atoms with Crippen molar-refractivity contribution in [3.63, 3.8) is 0 Å². The minimum absolute atomic E-state index is 0.129. The summed E-state index contributed by atoms with van der Waals surface area (Å²) >= 11 is 0. The maximum Gasteiger partial charge on any atom is 0.243 e. The van der Waals surface area contributed by atoms with Crippen molar-refractivity contribution in [1.82, 2.24) is 13.9 Å². The molecule has 1 aromatic heterocycles. The van der Waals surface area contributed by atoms with E-state index in [2.05, 4.69) is 95.7 Å². The number of hydrogen-bond donors (Lipinski definition) is 0. The minimum Gasteiger partial charge on any atom is -0.318 e. The van der Waals surface area contributed by atoms with Crippen LogP contribution in [0.4, 0.5) is 0 Å². The molecular formula is C47H38N4O2S. The molecule has 0 radical (unpaired) electrons. The number of rotatable bonds is 9. The van der Waals surface area contributed by atoms with Gasteiger partial charge in [0.25, 0.3) is 0 Å². The topological polar surface area (TPSA) is 79.0 Å². The van der Waals surface area contributed by atoms with Crippen LogP contribution in [0.15, 0.2) is 187 Å². The molecule has 0 bridgehead atoms. The molecule has 7 heteroatoms. The molecule has 0 amide bonds. The van der Waals surface area contributed by atoms with Crippen LogP contribution in [0.25, 0.3) is 11.6 Å². The molecule has 0 N–H and O–H groups in total. The van der Waals surface area contributed by atoms with E-state index >= 15 is 0 Å². The Labute approximate surface area is 317 Å². The van der Waals surface area contributed by atoms with E-state index in [0.29, 0.717) is 18.4 Å². The minimum atomic E-state index is -3.92. The first-order valence-corrected chi connectivity index (χ1v) is 19.5. The second-order valence-electron chi connectivity index (χ2n) is 13.6. The first kappa shape index (κ1) is 34.7. The molecule has 7 aromatic rings. The van der Waals surface area contributed by atoms with E-state index in [9.17, 15) is 13.7 Å². The van der Waals surface area contributed by atoms with Crippen LogP contribution in [0.5, 0.6) is 0 Å². The van der Waals surface area contributed by atoms with Gasteiger partial charge in [0.05, 0.1) is 28.5 Å². The second-order valence-corrected chi connectivity index (χ2v) is 15.5. The first-order chi connectivity index (χ1) is 26.5. The van der Waals surface area contributed by atoms with Gasteiger partial charge in [0, 0.05) is 18.8 Å². The van der Waals surface area contributed by atoms with Crippen molar-refractivity contribution in [3.8, 4) is 6.07 Å². The number of fused-ring (bicyclic) bond motifs is 1. The number of imidazole rings is 1. The molecule has 0 saturated heterocycles. The summed E-state index contributed by atoms with van der Waals surface area (Å²) in [5.41, 5.74) is 7.45. The van der Waals surface area contributed by atoms with Gasteiger partial charge in [-0.25, -0.2) is 13.4 Å². The summed E-state index contributed by atoms with van der Waals surface area (Å²) in [5.74, 6) is 0. The van der Waals surface area contributed by atoms with Gasteiger partial charge in [-0.05, 0) is 82.1 Å². The van der Waals surface area contributed by atoms with E-state index in [0.717, 1.165) is 44.6 Å². The van der Waals surface area contributed by atoms with Crippen molar-refractivity contribution in [2.45, 2.75) is 35.9 Å². The van der Waals surface area contributed by atoms with Gasteiger partial charge >= 0.3 is 0 Å². The summed E-state index contributed by atoms with van der Waals surface area (Å²) in [4.78, 5) is 5.26. The fourth-order valence-electron chi connectivity index (χ4n) is 7.84. The normalized spacial score (nSPS) is 15.6. The Morgan fingerprint density at radius 1 is 0.722 bits per heavy atom. The number of sulfonamides is 1. The monoisotopic (exact) mass is 722 g/mol. The third kappa shape index (κ3) is 6.58. The van der Waals surface area contributed by atoms with Gasteiger partial charge in [0.1, 0.15) is 5.54 Å². The zero-order chi connectivity index (χ0) is 37.0. The fraction of sp³-hybridized carbons (Fsp3) is 0.106. The van der Waals surface area contributed by atoms with E-state index < -0.39 is 21.6 Å². The van der Waals surface area contributed by atoms with E-state index in [1.165, 1.54) is 0 Å². The van der Waals surface area contributed by atoms with Crippen molar-refractivity contribution in [2.75, 3.05) is 0 Å². The molecule has 6 nitrogen and oxygen atoms in total. The molecule has 1 aliphatic rings. The van der Waals surface area contributed by atoms with Gasteiger partial charge in [0.15, 0.2) is 0 Å². The number of nitrogens with zero attached hydrogens (tertiary/aromatic N) is 4. The van der Waals surface area contributed by atoms with E-state index in [1.807, 2.05) is 79.1 Å². The largest absolute Gasteiger partial charge is 0.318 e. The molecule has 0 unspecified atom stereocenters. The number of hydrogen-bond acceptors (Lipinski definition) is 4. The van der Waals surface area contributed by atoms with Gasteiger partial charge < -0.3 is 4.57 Å². The number of aromatic nitrogens is 2. The van der Waals surface area contributed by atoms with E-state index in [4.69, 9.17) is 4.98 Å². The number of nitriles is 1. The lowest BCUT2D eigenvalue weighted by molar-refractivity contribution is 0.318. The summed E-state index contributed by atoms with van der Waals surface area (Å²) in [6, 6.07) is 57.5. The summed E-state index contributed by atoms with van der Waals surface area (Å²) in [7, 11) is -3.92. The van der Waals surface area contributed by atoms with Crippen molar-refractivity contribution < 1.29 is 8.42 Å². The average Bonchev–Trinajstić information content (AvgIpc) is 3.63. The van der Waals surface area contributed by atoms with Crippen LogP contribution in [0, 0.1) is 11.3 Å². The fourth-order valence-corrected chi connectivity index (χ4v) is 9.46. The molecule has 0 saturated carbocycles. The maximum absolute atomic E-state index is 14.5. The summed E-state index contributed by atoms with van der Waals surface area (Å²) in [6.07, 6.45) is 7.01. The predicted octanol–water partition coefficient (Wildman–Crippen LogP) is 9.34. The predicted molar refractivity (Wildman–Crippen MR) is 214 cm³/mol. The molecular weight excluding hydrogens is 685 g/mol. The highest BCUT2D eigenvalue weighted by atomic mass is 32.2. The number of benzene rings is 6. The lowest BCUT2D eigenvalue weighted by atomic mass is 9.77. The Hall–Kier alpha value is -6.33. The molecule has 0 fully saturated rings. The van der Waals surface area contributed by atoms with Crippen LogP contribution >= 0.6 is 0 Å². The molecule has 54 heavy (non-hydrogen) atoms. The Bertz CT molecular complexity index is 2450.